The van der Waals surface area contributed by atoms with Gasteiger partial charge < -0.3 is 15.0 Å². The van der Waals surface area contributed by atoms with Crippen LogP contribution in [0.4, 0.5) is 5.69 Å². The Balaban J connectivity index is 1.67. The average molecular weight is 324 g/mol. The van der Waals surface area contributed by atoms with Crippen molar-refractivity contribution in [2.24, 2.45) is 0 Å². The third-order valence-corrected chi connectivity index (χ3v) is 4.12. The number of nitrogens with zero attached hydrogens (tertiary/aromatic N) is 1. The zero-order valence-corrected chi connectivity index (χ0v) is 13.8. The summed E-state index contributed by atoms with van der Waals surface area (Å²) in [5.74, 6) is 0.609. The third-order valence-electron chi connectivity index (χ3n) is 4.12. The number of rotatable bonds is 4. The summed E-state index contributed by atoms with van der Waals surface area (Å²) in [5.41, 5.74) is 2.46. The maximum atomic E-state index is 12.3. The predicted molar refractivity (Wildman–Crippen MR) is 92.4 cm³/mol. The quantitative estimate of drug-likeness (QED) is 0.940. The van der Waals surface area contributed by atoms with E-state index in [1.54, 1.807) is 18.1 Å². The Morgan fingerprint density at radius 1 is 1.21 bits per heavy atom. The van der Waals surface area contributed by atoms with Crippen molar-refractivity contribution in [2.75, 3.05) is 18.6 Å². The standard InChI is InChI=1S/C19H20N2O3/c1-13-4-3-5-14(10-13)19(23)20-15-11-18(22)21(12-15)16-6-8-17(24-2)9-7-16/h3-10,15H,11-12H2,1-2H3,(H,20,23)/t15-/m0/s1. The SMILES string of the molecule is COc1ccc(N2C[C@@H](NC(=O)c3cccc(C)c3)CC2=O)cc1. The van der Waals surface area contributed by atoms with Crippen molar-refractivity contribution < 1.29 is 14.3 Å². The minimum Gasteiger partial charge on any atom is -0.497 e. The molecule has 1 fully saturated rings. The van der Waals surface area contributed by atoms with E-state index in [1.807, 2.05) is 49.4 Å². The highest BCUT2D eigenvalue weighted by molar-refractivity contribution is 5.99. The number of methoxy groups -OCH3 is 1. The molecule has 1 N–H and O–H groups in total. The maximum absolute atomic E-state index is 12.3. The van der Waals surface area contributed by atoms with E-state index in [0.29, 0.717) is 18.5 Å². The second kappa shape index (κ2) is 6.74. The van der Waals surface area contributed by atoms with Gasteiger partial charge in [-0.05, 0) is 43.3 Å². The molecular weight excluding hydrogens is 304 g/mol. The molecule has 5 nitrogen and oxygen atoms in total. The van der Waals surface area contributed by atoms with Crippen LogP contribution in [0, 0.1) is 6.92 Å². The minimum atomic E-state index is -0.187. The number of aryl methyl sites for hydroxylation is 1. The summed E-state index contributed by atoms with van der Waals surface area (Å²) >= 11 is 0. The highest BCUT2D eigenvalue weighted by Crippen LogP contribution is 2.24. The number of carbonyl (C=O) groups excluding carboxylic acids is 2. The first kappa shape index (κ1) is 16.1. The molecule has 24 heavy (non-hydrogen) atoms. The number of ether oxygens (including phenoxy) is 1. The van der Waals surface area contributed by atoms with Crippen molar-refractivity contribution in [3.63, 3.8) is 0 Å². The van der Waals surface area contributed by atoms with Crippen LogP contribution < -0.4 is 15.0 Å². The molecule has 1 atom stereocenters. The molecule has 1 aliphatic rings. The summed E-state index contributed by atoms with van der Waals surface area (Å²) in [6.45, 7) is 2.42. The van der Waals surface area contributed by atoms with Crippen molar-refractivity contribution >= 4 is 17.5 Å². The van der Waals surface area contributed by atoms with Crippen LogP contribution in [0.2, 0.25) is 0 Å². The highest BCUT2D eigenvalue weighted by Gasteiger charge is 2.31. The summed E-state index contributed by atoms with van der Waals surface area (Å²) in [5, 5.41) is 2.95. The molecule has 3 rings (SSSR count). The molecule has 2 aromatic carbocycles. The largest absolute Gasteiger partial charge is 0.497 e. The molecule has 5 heteroatoms. The maximum Gasteiger partial charge on any atom is 0.251 e. The zero-order valence-electron chi connectivity index (χ0n) is 13.8. The third kappa shape index (κ3) is 3.40. The lowest BCUT2D eigenvalue weighted by atomic mass is 10.1. The summed E-state index contributed by atoms with van der Waals surface area (Å²) in [6, 6.07) is 14.6. The van der Waals surface area contributed by atoms with Gasteiger partial charge in [0.15, 0.2) is 0 Å². The fourth-order valence-electron chi connectivity index (χ4n) is 2.87. The molecule has 0 bridgehead atoms. The number of amides is 2. The van der Waals surface area contributed by atoms with Gasteiger partial charge in [-0.15, -0.1) is 0 Å². The predicted octanol–water partition coefficient (Wildman–Crippen LogP) is 2.54. The van der Waals surface area contributed by atoms with Crippen LogP contribution in [-0.2, 0) is 4.79 Å². The Morgan fingerprint density at radius 2 is 1.96 bits per heavy atom. The van der Waals surface area contributed by atoms with Gasteiger partial charge in [0, 0.05) is 24.2 Å². The molecule has 0 radical (unpaired) electrons. The number of hydrogen-bond donors (Lipinski definition) is 1. The molecule has 1 saturated heterocycles. The summed E-state index contributed by atoms with van der Waals surface area (Å²) in [7, 11) is 1.60. The van der Waals surface area contributed by atoms with Crippen LogP contribution in [0.15, 0.2) is 48.5 Å². The van der Waals surface area contributed by atoms with Gasteiger partial charge in [0.05, 0.1) is 13.2 Å². The first-order valence-electron chi connectivity index (χ1n) is 7.89. The van der Waals surface area contributed by atoms with E-state index in [4.69, 9.17) is 4.74 Å². The van der Waals surface area contributed by atoms with Crippen molar-refractivity contribution in [3.8, 4) is 5.75 Å². The first-order valence-corrected chi connectivity index (χ1v) is 7.89. The zero-order chi connectivity index (χ0) is 17.1. The lowest BCUT2D eigenvalue weighted by Gasteiger charge is -2.17. The van der Waals surface area contributed by atoms with Crippen LogP contribution in [0.1, 0.15) is 22.3 Å². The molecule has 0 aromatic heterocycles. The minimum absolute atomic E-state index is 0.00899. The van der Waals surface area contributed by atoms with E-state index in [1.165, 1.54) is 0 Å². The van der Waals surface area contributed by atoms with Crippen molar-refractivity contribution in [1.29, 1.82) is 0 Å². The molecular formula is C19H20N2O3. The van der Waals surface area contributed by atoms with Gasteiger partial charge in [-0.1, -0.05) is 17.7 Å². The van der Waals surface area contributed by atoms with E-state index in [9.17, 15) is 9.59 Å². The van der Waals surface area contributed by atoms with Crippen molar-refractivity contribution in [1.82, 2.24) is 5.32 Å². The van der Waals surface area contributed by atoms with Gasteiger partial charge >= 0.3 is 0 Å². The normalized spacial score (nSPS) is 17.0. The molecule has 0 aliphatic carbocycles. The van der Waals surface area contributed by atoms with Crippen molar-refractivity contribution in [3.05, 3.63) is 59.7 Å². The van der Waals surface area contributed by atoms with Crippen molar-refractivity contribution in [2.45, 2.75) is 19.4 Å². The van der Waals surface area contributed by atoms with Gasteiger partial charge in [0.25, 0.3) is 5.91 Å². The van der Waals surface area contributed by atoms with Crippen LogP contribution in [0.25, 0.3) is 0 Å². The second-order valence-electron chi connectivity index (χ2n) is 5.95. The van der Waals surface area contributed by atoms with Crippen LogP contribution >= 0.6 is 0 Å². The molecule has 0 unspecified atom stereocenters. The van der Waals surface area contributed by atoms with E-state index >= 15 is 0 Å². The van der Waals surface area contributed by atoms with Crippen LogP contribution in [0.5, 0.6) is 5.75 Å². The van der Waals surface area contributed by atoms with Gasteiger partial charge in [-0.2, -0.15) is 0 Å². The molecule has 124 valence electrons. The van der Waals surface area contributed by atoms with Gasteiger partial charge in [-0.25, -0.2) is 0 Å². The summed E-state index contributed by atoms with van der Waals surface area (Å²) < 4.78 is 5.13. The Bertz CT molecular complexity index is 755. The highest BCUT2D eigenvalue weighted by atomic mass is 16.5. The smallest absolute Gasteiger partial charge is 0.251 e. The molecule has 2 aromatic rings. The fraction of sp³-hybridized carbons (Fsp3) is 0.263. The number of anilines is 1. The lowest BCUT2D eigenvalue weighted by Crippen LogP contribution is -2.37. The fourth-order valence-corrected chi connectivity index (χ4v) is 2.87. The number of carbonyl (C=O) groups is 2. The molecule has 1 heterocycles. The second-order valence-corrected chi connectivity index (χ2v) is 5.95. The van der Waals surface area contributed by atoms with E-state index < -0.39 is 0 Å². The molecule has 2 amide bonds. The van der Waals surface area contributed by atoms with Crippen LogP contribution in [0.3, 0.4) is 0 Å². The lowest BCUT2D eigenvalue weighted by molar-refractivity contribution is -0.117. The Hall–Kier alpha value is -2.82. The summed E-state index contributed by atoms with van der Waals surface area (Å²) in [6.07, 6.45) is 0.309. The van der Waals surface area contributed by atoms with E-state index in [-0.39, 0.29) is 17.9 Å². The summed E-state index contributed by atoms with van der Waals surface area (Å²) in [4.78, 5) is 26.3. The average Bonchev–Trinajstić information content (AvgIpc) is 2.95. The van der Waals surface area contributed by atoms with Gasteiger partial charge in [-0.3, -0.25) is 9.59 Å². The van der Waals surface area contributed by atoms with Gasteiger partial charge in [0.1, 0.15) is 5.75 Å². The number of nitrogens with one attached hydrogen (secondary N) is 1. The monoisotopic (exact) mass is 324 g/mol. The molecule has 1 aliphatic heterocycles. The number of benzene rings is 2. The first-order chi connectivity index (χ1) is 11.6. The molecule has 0 spiro atoms. The van der Waals surface area contributed by atoms with Crippen LogP contribution in [-0.4, -0.2) is 31.5 Å². The van der Waals surface area contributed by atoms with E-state index in [2.05, 4.69) is 5.32 Å². The van der Waals surface area contributed by atoms with Gasteiger partial charge in [0.2, 0.25) is 5.91 Å². The number of hydrogen-bond acceptors (Lipinski definition) is 3. The molecule has 0 saturated carbocycles. The Labute approximate surface area is 141 Å². The Kier molecular flexibility index (Phi) is 4.51. The van der Waals surface area contributed by atoms with E-state index in [0.717, 1.165) is 17.0 Å². The Morgan fingerprint density at radius 3 is 2.62 bits per heavy atom. The topological polar surface area (TPSA) is 58.6 Å².